The van der Waals surface area contributed by atoms with E-state index < -0.39 is 0 Å². The van der Waals surface area contributed by atoms with Gasteiger partial charge in [-0.1, -0.05) is 0 Å². The number of rotatable bonds is 2. The van der Waals surface area contributed by atoms with Gasteiger partial charge >= 0.3 is 0 Å². The number of aliphatic imine (C=N–C) groups is 1. The Balaban J connectivity index is 2.86. The van der Waals surface area contributed by atoms with Gasteiger partial charge in [-0.05, 0) is 18.5 Å². The molecule has 0 heterocycles. The van der Waals surface area contributed by atoms with Crippen LogP contribution in [0.25, 0.3) is 0 Å². The Morgan fingerprint density at radius 1 is 2.00 bits per heavy atom. The lowest BCUT2D eigenvalue weighted by molar-refractivity contribution is 1.42. The molecule has 0 fully saturated rings. The summed E-state index contributed by atoms with van der Waals surface area (Å²) >= 11 is 5.92. The quantitative estimate of drug-likeness (QED) is 0.402. The van der Waals surface area contributed by atoms with Crippen LogP contribution in [-0.2, 0) is 0 Å². The first kappa shape index (κ1) is 6.15. The molecular weight excluding hydrogens is 114 g/mol. The maximum atomic E-state index is 4.29. The van der Waals surface area contributed by atoms with E-state index in [2.05, 4.69) is 22.4 Å². The minimum atomic E-state index is 0.740. The van der Waals surface area contributed by atoms with Gasteiger partial charge in [-0.25, -0.2) is 4.99 Å². The van der Waals surface area contributed by atoms with Gasteiger partial charge in [0, 0.05) is 0 Å². The lowest BCUT2D eigenvalue weighted by atomic mass is 11.4. The van der Waals surface area contributed by atoms with Crippen LogP contribution in [0.1, 0.15) is 0 Å². The van der Waals surface area contributed by atoms with Gasteiger partial charge in [-0.2, -0.15) is 0 Å². The van der Waals surface area contributed by atoms with Crippen LogP contribution in [0.3, 0.4) is 0 Å². The van der Waals surface area contributed by atoms with Crippen LogP contribution in [-0.4, -0.2) is 17.3 Å². The summed E-state index contributed by atoms with van der Waals surface area (Å²) in [6.07, 6.45) is 1.97. The van der Waals surface area contributed by atoms with Gasteiger partial charge in [0.25, 0.3) is 0 Å². The summed E-state index contributed by atoms with van der Waals surface area (Å²) in [4.78, 5) is 3.62. The minimum Gasteiger partial charge on any atom is -0.222 e. The van der Waals surface area contributed by atoms with Gasteiger partial charge in [0.05, 0.1) is 11.0 Å². The van der Waals surface area contributed by atoms with Crippen molar-refractivity contribution in [1.29, 1.82) is 0 Å². The first-order chi connectivity index (χ1) is 2.91. The van der Waals surface area contributed by atoms with Crippen LogP contribution < -0.4 is 0 Å². The number of isothiocyanates is 1. The van der Waals surface area contributed by atoms with Gasteiger partial charge in [0.1, 0.15) is 0 Å². The van der Waals surface area contributed by atoms with Crippen LogP contribution in [0.4, 0.5) is 0 Å². The van der Waals surface area contributed by atoms with E-state index in [4.69, 9.17) is 0 Å². The van der Waals surface area contributed by atoms with Crippen molar-refractivity contribution in [2.45, 2.75) is 0 Å². The standard InChI is InChI=1S/C3H5NS2/c1-6-3-4-2-5/h3H2,1H3. The summed E-state index contributed by atoms with van der Waals surface area (Å²) in [5.41, 5.74) is 0. The number of thioether (sulfide) groups is 1. The lowest BCUT2D eigenvalue weighted by Crippen LogP contribution is -1.60. The highest BCUT2D eigenvalue weighted by Gasteiger charge is 1.64. The van der Waals surface area contributed by atoms with E-state index in [1.165, 1.54) is 0 Å². The summed E-state index contributed by atoms with van der Waals surface area (Å²) in [6, 6.07) is 0. The van der Waals surface area contributed by atoms with Crippen molar-refractivity contribution < 1.29 is 0 Å². The number of thiocarbonyl (C=S) groups is 1. The molecule has 0 aliphatic carbocycles. The third-order valence-corrected chi connectivity index (χ3v) is 0.775. The molecule has 0 aromatic heterocycles. The van der Waals surface area contributed by atoms with Gasteiger partial charge < -0.3 is 0 Å². The van der Waals surface area contributed by atoms with Crippen molar-refractivity contribution in [3.8, 4) is 0 Å². The van der Waals surface area contributed by atoms with Crippen molar-refractivity contribution in [3.05, 3.63) is 0 Å². The highest BCUT2D eigenvalue weighted by Crippen LogP contribution is 1.87. The fraction of sp³-hybridized carbons (Fsp3) is 0.667. The first-order valence-electron chi connectivity index (χ1n) is 1.44. The fourth-order valence-electron chi connectivity index (χ4n) is 0.0909. The molecule has 0 bridgehead atoms. The Morgan fingerprint density at radius 2 is 2.67 bits per heavy atom. The predicted octanol–water partition coefficient (Wildman–Crippen LogP) is 1.41. The average molecular weight is 119 g/mol. The molecule has 6 heavy (non-hydrogen) atoms. The Hall–Kier alpha value is 0.150. The highest BCUT2D eigenvalue weighted by atomic mass is 32.2. The van der Waals surface area contributed by atoms with Crippen molar-refractivity contribution in [2.75, 3.05) is 12.1 Å². The van der Waals surface area contributed by atoms with Crippen LogP contribution in [0.5, 0.6) is 0 Å². The lowest BCUT2D eigenvalue weighted by Gasteiger charge is -1.74. The zero-order chi connectivity index (χ0) is 4.83. The van der Waals surface area contributed by atoms with Crippen molar-refractivity contribution in [2.24, 2.45) is 4.99 Å². The zero-order valence-electron chi connectivity index (χ0n) is 3.47. The normalized spacial score (nSPS) is 6.83. The third kappa shape index (κ3) is 4.15. The molecule has 1 nitrogen and oxygen atoms in total. The second-order valence-corrected chi connectivity index (χ2v) is 1.69. The fourth-order valence-corrected chi connectivity index (χ4v) is 0.431. The Bertz CT molecular complexity index is 65.2. The molecule has 0 aliphatic rings. The molecule has 0 aromatic rings. The van der Waals surface area contributed by atoms with Crippen molar-refractivity contribution in [3.63, 3.8) is 0 Å². The zero-order valence-corrected chi connectivity index (χ0v) is 5.10. The molecule has 0 saturated heterocycles. The highest BCUT2D eigenvalue weighted by molar-refractivity contribution is 7.98. The molecule has 3 heteroatoms. The molecule has 0 atom stereocenters. The number of nitrogens with zero attached hydrogens (tertiary/aromatic N) is 1. The molecule has 0 aromatic carbocycles. The molecule has 0 saturated carbocycles. The van der Waals surface area contributed by atoms with Crippen LogP contribution in [0.2, 0.25) is 0 Å². The van der Waals surface area contributed by atoms with E-state index in [-0.39, 0.29) is 0 Å². The Morgan fingerprint density at radius 3 is 2.83 bits per heavy atom. The number of hydrogen-bond acceptors (Lipinski definition) is 3. The molecule has 0 spiro atoms. The summed E-state index contributed by atoms with van der Waals surface area (Å²) in [7, 11) is 0. The first-order valence-corrected chi connectivity index (χ1v) is 3.24. The predicted molar refractivity (Wildman–Crippen MR) is 33.4 cm³/mol. The molecule has 0 aliphatic heterocycles. The SMILES string of the molecule is CSCN=C=S. The maximum absolute atomic E-state index is 4.29. The van der Waals surface area contributed by atoms with E-state index in [1.54, 1.807) is 11.8 Å². The molecule has 0 amide bonds. The Labute approximate surface area is 46.8 Å². The summed E-state index contributed by atoms with van der Waals surface area (Å²) in [5, 5.41) is 2.26. The van der Waals surface area contributed by atoms with Gasteiger partial charge in [-0.15, -0.1) is 11.8 Å². The average Bonchev–Trinajstić information content (AvgIpc) is 1.61. The monoisotopic (exact) mass is 119 g/mol. The van der Waals surface area contributed by atoms with Crippen LogP contribution >= 0.6 is 24.0 Å². The number of hydrogen-bond donors (Lipinski definition) is 0. The molecular formula is C3H5NS2. The van der Waals surface area contributed by atoms with E-state index >= 15 is 0 Å². The van der Waals surface area contributed by atoms with Gasteiger partial charge in [0.15, 0.2) is 0 Å². The smallest absolute Gasteiger partial charge is 0.0944 e. The molecule has 0 N–H and O–H groups in total. The van der Waals surface area contributed by atoms with E-state index in [0.717, 1.165) is 5.88 Å². The minimum absolute atomic E-state index is 0.740. The van der Waals surface area contributed by atoms with Crippen LogP contribution in [0.15, 0.2) is 4.99 Å². The summed E-state index contributed by atoms with van der Waals surface area (Å²) < 4.78 is 0. The molecule has 0 radical (unpaired) electrons. The topological polar surface area (TPSA) is 12.4 Å². The molecule has 0 unspecified atom stereocenters. The van der Waals surface area contributed by atoms with Crippen LogP contribution in [0, 0.1) is 0 Å². The largest absolute Gasteiger partial charge is 0.222 e. The second kappa shape index (κ2) is 5.15. The second-order valence-electron chi connectivity index (χ2n) is 0.667. The van der Waals surface area contributed by atoms with Gasteiger partial charge in [0.2, 0.25) is 0 Å². The van der Waals surface area contributed by atoms with E-state index in [9.17, 15) is 0 Å². The van der Waals surface area contributed by atoms with Gasteiger partial charge in [-0.3, -0.25) is 0 Å². The Kier molecular flexibility index (Phi) is 5.28. The third-order valence-electron chi connectivity index (χ3n) is 0.258. The maximum Gasteiger partial charge on any atom is 0.0944 e. The summed E-state index contributed by atoms with van der Waals surface area (Å²) in [5.74, 6) is 0.740. The molecule has 34 valence electrons. The van der Waals surface area contributed by atoms with E-state index in [1.807, 2.05) is 6.26 Å². The van der Waals surface area contributed by atoms with E-state index in [0.29, 0.717) is 0 Å². The molecule has 0 rings (SSSR count). The summed E-state index contributed by atoms with van der Waals surface area (Å²) in [6.45, 7) is 0. The van der Waals surface area contributed by atoms with Crippen molar-refractivity contribution >= 4 is 29.1 Å². The van der Waals surface area contributed by atoms with Crippen molar-refractivity contribution in [1.82, 2.24) is 0 Å².